The molecule has 1 N–H and O–H groups in total. The average molecular weight is 237 g/mol. The van der Waals surface area contributed by atoms with Gasteiger partial charge in [0.05, 0.1) is 12.6 Å². The highest BCUT2D eigenvalue weighted by Crippen LogP contribution is 2.45. The molecule has 1 aromatic heterocycles. The predicted octanol–water partition coefficient (Wildman–Crippen LogP) is 1.92. The zero-order chi connectivity index (χ0) is 12.5. The second kappa shape index (κ2) is 4.72. The summed E-state index contributed by atoms with van der Waals surface area (Å²) in [4.78, 5) is 0. The predicted molar refractivity (Wildman–Crippen MR) is 66.5 cm³/mol. The van der Waals surface area contributed by atoms with Crippen molar-refractivity contribution in [3.05, 3.63) is 5.82 Å². The minimum absolute atomic E-state index is 0.308. The molecule has 1 fully saturated rings. The van der Waals surface area contributed by atoms with Crippen LogP contribution in [0.1, 0.15) is 58.8 Å². The van der Waals surface area contributed by atoms with Crippen LogP contribution in [0.4, 0.5) is 0 Å². The summed E-state index contributed by atoms with van der Waals surface area (Å²) >= 11 is 0. The van der Waals surface area contributed by atoms with Crippen molar-refractivity contribution >= 4 is 0 Å². The Hall–Kier alpha value is -0.970. The van der Waals surface area contributed by atoms with Gasteiger partial charge in [0, 0.05) is 6.04 Å². The molecule has 1 atom stereocenters. The summed E-state index contributed by atoms with van der Waals surface area (Å²) in [5.74, 6) is 0.957. The zero-order valence-corrected chi connectivity index (χ0v) is 11.3. The first-order valence-electron chi connectivity index (χ1n) is 6.51. The lowest BCUT2D eigenvalue weighted by Gasteiger charge is -2.27. The van der Waals surface area contributed by atoms with Crippen LogP contribution >= 0.6 is 0 Å². The molecule has 1 unspecified atom stereocenters. The molecule has 0 spiro atoms. The standard InChI is InChI=1S/C12H23N5/c1-9(2)13-8-11-14-15-16-17(11)10-6-5-7-12(10,3)4/h9-10,13H,5-8H2,1-4H3. The number of aromatic nitrogens is 4. The van der Waals surface area contributed by atoms with E-state index in [0.29, 0.717) is 17.5 Å². The normalized spacial score (nSPS) is 23.5. The molecule has 0 saturated heterocycles. The molecule has 0 aromatic carbocycles. The first-order valence-corrected chi connectivity index (χ1v) is 6.51. The van der Waals surface area contributed by atoms with Crippen molar-refractivity contribution in [1.29, 1.82) is 0 Å². The fourth-order valence-electron chi connectivity index (χ4n) is 2.63. The molecule has 17 heavy (non-hydrogen) atoms. The van der Waals surface area contributed by atoms with Crippen LogP contribution in [0.2, 0.25) is 0 Å². The first kappa shape index (κ1) is 12.5. The van der Waals surface area contributed by atoms with Gasteiger partial charge in [-0.3, -0.25) is 0 Å². The fraction of sp³-hybridized carbons (Fsp3) is 0.917. The van der Waals surface area contributed by atoms with Gasteiger partial charge in [0.25, 0.3) is 0 Å². The Labute approximate surface area is 103 Å². The van der Waals surface area contributed by atoms with Gasteiger partial charge in [-0.2, -0.15) is 0 Å². The maximum absolute atomic E-state index is 4.19. The number of tetrazole rings is 1. The van der Waals surface area contributed by atoms with Crippen LogP contribution in [0.5, 0.6) is 0 Å². The van der Waals surface area contributed by atoms with Crippen LogP contribution in [-0.4, -0.2) is 26.2 Å². The molecule has 1 aromatic rings. The summed E-state index contributed by atoms with van der Waals surface area (Å²) in [5, 5.41) is 15.5. The van der Waals surface area contributed by atoms with Gasteiger partial charge >= 0.3 is 0 Å². The van der Waals surface area contributed by atoms with Crippen molar-refractivity contribution in [3.63, 3.8) is 0 Å². The third-order valence-corrected chi connectivity index (χ3v) is 3.73. The Morgan fingerprint density at radius 2 is 2.24 bits per heavy atom. The third-order valence-electron chi connectivity index (χ3n) is 3.73. The topological polar surface area (TPSA) is 55.6 Å². The summed E-state index contributed by atoms with van der Waals surface area (Å²) in [7, 11) is 0. The summed E-state index contributed by atoms with van der Waals surface area (Å²) in [6.07, 6.45) is 3.72. The number of hydrogen-bond acceptors (Lipinski definition) is 4. The second-order valence-corrected chi connectivity index (χ2v) is 5.97. The molecule has 0 aliphatic heterocycles. The lowest BCUT2D eigenvalue weighted by atomic mass is 9.87. The number of nitrogens with one attached hydrogen (secondary N) is 1. The highest BCUT2D eigenvalue weighted by atomic mass is 15.6. The Balaban J connectivity index is 2.13. The lowest BCUT2D eigenvalue weighted by Crippen LogP contribution is -2.28. The molecule has 1 aliphatic rings. The Morgan fingerprint density at radius 1 is 1.47 bits per heavy atom. The lowest BCUT2D eigenvalue weighted by molar-refractivity contribution is 0.234. The molecular formula is C12H23N5. The van der Waals surface area contributed by atoms with Crippen molar-refractivity contribution < 1.29 is 0 Å². The van der Waals surface area contributed by atoms with Gasteiger partial charge < -0.3 is 5.32 Å². The average Bonchev–Trinajstić information content (AvgIpc) is 2.80. The van der Waals surface area contributed by atoms with E-state index >= 15 is 0 Å². The summed E-state index contributed by atoms with van der Waals surface area (Å²) in [6.45, 7) is 9.64. The van der Waals surface area contributed by atoms with Crippen molar-refractivity contribution in [1.82, 2.24) is 25.5 Å². The van der Waals surface area contributed by atoms with E-state index in [9.17, 15) is 0 Å². The maximum atomic E-state index is 4.19. The van der Waals surface area contributed by atoms with Gasteiger partial charge in [-0.15, -0.1) is 5.10 Å². The largest absolute Gasteiger partial charge is 0.308 e. The molecule has 1 saturated carbocycles. The van der Waals surface area contributed by atoms with E-state index in [1.807, 2.05) is 4.68 Å². The number of rotatable bonds is 4. The highest BCUT2D eigenvalue weighted by molar-refractivity contribution is 4.93. The summed E-state index contributed by atoms with van der Waals surface area (Å²) < 4.78 is 2.03. The second-order valence-electron chi connectivity index (χ2n) is 5.97. The smallest absolute Gasteiger partial charge is 0.165 e. The van der Waals surface area contributed by atoms with Crippen LogP contribution < -0.4 is 5.32 Å². The van der Waals surface area contributed by atoms with Crippen molar-refractivity contribution in [3.8, 4) is 0 Å². The van der Waals surface area contributed by atoms with Crippen LogP contribution in [-0.2, 0) is 6.54 Å². The van der Waals surface area contributed by atoms with E-state index in [-0.39, 0.29) is 0 Å². The van der Waals surface area contributed by atoms with E-state index in [4.69, 9.17) is 0 Å². The Bertz CT molecular complexity index is 369. The summed E-state index contributed by atoms with van der Waals surface area (Å²) in [6, 6.07) is 0.901. The van der Waals surface area contributed by atoms with E-state index < -0.39 is 0 Å². The molecule has 0 radical (unpaired) electrons. The molecule has 2 rings (SSSR count). The fourth-order valence-corrected chi connectivity index (χ4v) is 2.63. The molecule has 1 heterocycles. The maximum Gasteiger partial charge on any atom is 0.165 e. The number of hydrogen-bond donors (Lipinski definition) is 1. The van der Waals surface area contributed by atoms with E-state index in [2.05, 4.69) is 48.5 Å². The number of nitrogens with zero attached hydrogens (tertiary/aromatic N) is 4. The van der Waals surface area contributed by atoms with E-state index in [0.717, 1.165) is 12.4 Å². The Morgan fingerprint density at radius 3 is 2.82 bits per heavy atom. The van der Waals surface area contributed by atoms with Gasteiger partial charge in [-0.05, 0) is 28.7 Å². The van der Waals surface area contributed by atoms with Crippen LogP contribution in [0.15, 0.2) is 0 Å². The van der Waals surface area contributed by atoms with E-state index in [1.165, 1.54) is 19.3 Å². The van der Waals surface area contributed by atoms with Crippen LogP contribution in [0.25, 0.3) is 0 Å². The van der Waals surface area contributed by atoms with Gasteiger partial charge in [-0.25, -0.2) is 4.68 Å². The SMILES string of the molecule is CC(C)NCc1nnnn1C1CCCC1(C)C. The van der Waals surface area contributed by atoms with Crippen LogP contribution in [0, 0.1) is 5.41 Å². The van der Waals surface area contributed by atoms with Gasteiger partial charge in [0.15, 0.2) is 5.82 Å². The molecule has 5 heteroatoms. The monoisotopic (exact) mass is 237 g/mol. The molecule has 0 bridgehead atoms. The van der Waals surface area contributed by atoms with Crippen molar-refractivity contribution in [2.45, 2.75) is 65.6 Å². The minimum atomic E-state index is 0.308. The van der Waals surface area contributed by atoms with Gasteiger partial charge in [0.1, 0.15) is 0 Å². The molecule has 1 aliphatic carbocycles. The molecule has 96 valence electrons. The third kappa shape index (κ3) is 2.65. The van der Waals surface area contributed by atoms with Gasteiger partial charge in [-0.1, -0.05) is 34.1 Å². The highest BCUT2D eigenvalue weighted by Gasteiger charge is 2.37. The quantitative estimate of drug-likeness (QED) is 0.869. The molecule has 5 nitrogen and oxygen atoms in total. The van der Waals surface area contributed by atoms with E-state index in [1.54, 1.807) is 0 Å². The van der Waals surface area contributed by atoms with Crippen LogP contribution in [0.3, 0.4) is 0 Å². The van der Waals surface area contributed by atoms with Crippen molar-refractivity contribution in [2.75, 3.05) is 0 Å². The summed E-state index contributed by atoms with van der Waals surface area (Å²) in [5.41, 5.74) is 0.308. The minimum Gasteiger partial charge on any atom is -0.308 e. The molecular weight excluding hydrogens is 214 g/mol. The molecule has 0 amide bonds. The van der Waals surface area contributed by atoms with Gasteiger partial charge in [0.2, 0.25) is 0 Å². The van der Waals surface area contributed by atoms with Crippen molar-refractivity contribution in [2.24, 2.45) is 5.41 Å². The Kier molecular flexibility index (Phi) is 3.47. The zero-order valence-electron chi connectivity index (χ0n) is 11.3. The first-order chi connectivity index (χ1) is 8.00.